The van der Waals surface area contributed by atoms with Crippen molar-refractivity contribution in [2.45, 2.75) is 65.5 Å². The molecule has 1 aromatic rings. The molecule has 2 fully saturated rings. The standard InChI is InChI=1S/C20H34N4/c1-15(2)19-14-23(10-5-11-24(19)12-17-6-7-17)13-18-8-9-21-20(22-18)16(3)4/h8-9,15-17,19H,5-7,10-14H2,1-4H3/t19-/m1/s1. The summed E-state index contributed by atoms with van der Waals surface area (Å²) in [4.78, 5) is 14.6. The monoisotopic (exact) mass is 330 g/mol. The maximum Gasteiger partial charge on any atom is 0.131 e. The van der Waals surface area contributed by atoms with E-state index in [9.17, 15) is 0 Å². The second kappa shape index (κ2) is 7.92. The minimum atomic E-state index is 0.395. The Hall–Kier alpha value is -1.00. The van der Waals surface area contributed by atoms with Crippen LogP contribution < -0.4 is 0 Å². The van der Waals surface area contributed by atoms with Crippen molar-refractivity contribution >= 4 is 0 Å². The molecule has 2 heterocycles. The minimum absolute atomic E-state index is 0.395. The molecule has 1 aliphatic heterocycles. The third-order valence-electron chi connectivity index (χ3n) is 5.43. The molecular weight excluding hydrogens is 296 g/mol. The molecule has 0 radical (unpaired) electrons. The lowest BCUT2D eigenvalue weighted by Gasteiger charge is -2.34. The molecule has 0 bridgehead atoms. The number of hydrogen-bond acceptors (Lipinski definition) is 4. The van der Waals surface area contributed by atoms with Crippen molar-refractivity contribution in [3.05, 3.63) is 23.8 Å². The zero-order valence-electron chi connectivity index (χ0n) is 15.9. The molecule has 134 valence electrons. The van der Waals surface area contributed by atoms with Gasteiger partial charge in [-0.25, -0.2) is 9.97 Å². The van der Waals surface area contributed by atoms with Crippen LogP contribution in [-0.2, 0) is 6.54 Å². The van der Waals surface area contributed by atoms with Gasteiger partial charge in [0.1, 0.15) is 5.82 Å². The van der Waals surface area contributed by atoms with Crippen molar-refractivity contribution in [3.8, 4) is 0 Å². The van der Waals surface area contributed by atoms with E-state index in [1.165, 1.54) is 51.1 Å². The molecule has 0 amide bonds. The van der Waals surface area contributed by atoms with Crippen molar-refractivity contribution in [3.63, 3.8) is 0 Å². The van der Waals surface area contributed by atoms with E-state index in [-0.39, 0.29) is 0 Å². The van der Waals surface area contributed by atoms with E-state index in [4.69, 9.17) is 4.98 Å². The first-order chi connectivity index (χ1) is 11.5. The van der Waals surface area contributed by atoms with Gasteiger partial charge >= 0.3 is 0 Å². The highest BCUT2D eigenvalue weighted by molar-refractivity contribution is 5.05. The topological polar surface area (TPSA) is 32.3 Å². The lowest BCUT2D eigenvalue weighted by atomic mass is 10.0. The van der Waals surface area contributed by atoms with Gasteiger partial charge < -0.3 is 0 Å². The maximum atomic E-state index is 4.78. The maximum absolute atomic E-state index is 4.78. The number of rotatable bonds is 6. The van der Waals surface area contributed by atoms with Crippen LogP contribution in [-0.4, -0.2) is 52.0 Å². The first kappa shape index (κ1) is 17.8. The van der Waals surface area contributed by atoms with Gasteiger partial charge in [0.25, 0.3) is 0 Å². The van der Waals surface area contributed by atoms with Crippen LogP contribution in [0.2, 0.25) is 0 Å². The fourth-order valence-electron chi connectivity index (χ4n) is 3.78. The molecule has 1 aromatic heterocycles. The van der Waals surface area contributed by atoms with E-state index in [1.807, 2.05) is 6.20 Å². The third kappa shape index (κ3) is 4.76. The molecule has 0 aromatic carbocycles. The van der Waals surface area contributed by atoms with Crippen LogP contribution in [0.5, 0.6) is 0 Å². The summed E-state index contributed by atoms with van der Waals surface area (Å²) in [7, 11) is 0. The third-order valence-corrected chi connectivity index (χ3v) is 5.43. The Labute approximate surface area is 147 Å². The van der Waals surface area contributed by atoms with Crippen molar-refractivity contribution in [2.24, 2.45) is 11.8 Å². The van der Waals surface area contributed by atoms with Crippen LogP contribution in [0.25, 0.3) is 0 Å². The molecule has 1 aliphatic carbocycles. The Bertz CT molecular complexity index is 524. The van der Waals surface area contributed by atoms with E-state index in [1.54, 1.807) is 0 Å². The molecule has 4 nitrogen and oxygen atoms in total. The van der Waals surface area contributed by atoms with E-state index >= 15 is 0 Å². The Morgan fingerprint density at radius 2 is 1.96 bits per heavy atom. The summed E-state index contributed by atoms with van der Waals surface area (Å²) in [5.41, 5.74) is 1.17. The number of aromatic nitrogens is 2. The Balaban J connectivity index is 1.66. The normalized spacial score (nSPS) is 23.8. The van der Waals surface area contributed by atoms with Gasteiger partial charge in [-0.15, -0.1) is 0 Å². The van der Waals surface area contributed by atoms with Crippen LogP contribution >= 0.6 is 0 Å². The van der Waals surface area contributed by atoms with Crippen molar-refractivity contribution in [1.29, 1.82) is 0 Å². The van der Waals surface area contributed by atoms with E-state index in [0.717, 1.165) is 18.3 Å². The second-order valence-electron chi connectivity index (χ2n) is 8.40. The summed E-state index contributed by atoms with van der Waals surface area (Å²) in [6, 6.07) is 2.77. The highest BCUT2D eigenvalue weighted by atomic mass is 15.2. The highest BCUT2D eigenvalue weighted by Gasteiger charge is 2.32. The lowest BCUT2D eigenvalue weighted by Crippen LogP contribution is -2.45. The fraction of sp³-hybridized carbons (Fsp3) is 0.800. The summed E-state index contributed by atoms with van der Waals surface area (Å²) in [5, 5.41) is 0. The minimum Gasteiger partial charge on any atom is -0.299 e. The molecule has 3 rings (SSSR count). The molecule has 2 aliphatic rings. The molecule has 0 unspecified atom stereocenters. The van der Waals surface area contributed by atoms with Gasteiger partial charge in [-0.05, 0) is 50.3 Å². The molecule has 1 saturated heterocycles. The quantitative estimate of drug-likeness (QED) is 0.798. The first-order valence-electron chi connectivity index (χ1n) is 9.81. The average Bonchev–Trinajstić information content (AvgIpc) is 3.36. The number of nitrogens with zero attached hydrogens (tertiary/aromatic N) is 4. The Kier molecular flexibility index (Phi) is 5.88. The average molecular weight is 331 g/mol. The predicted molar refractivity (Wildman–Crippen MR) is 98.9 cm³/mol. The van der Waals surface area contributed by atoms with Crippen LogP contribution in [0, 0.1) is 11.8 Å². The Morgan fingerprint density at radius 3 is 2.62 bits per heavy atom. The Morgan fingerprint density at radius 1 is 1.17 bits per heavy atom. The van der Waals surface area contributed by atoms with E-state index in [2.05, 4.69) is 48.5 Å². The molecule has 0 N–H and O–H groups in total. The molecule has 24 heavy (non-hydrogen) atoms. The van der Waals surface area contributed by atoms with Gasteiger partial charge in [0.2, 0.25) is 0 Å². The van der Waals surface area contributed by atoms with Gasteiger partial charge in [-0.2, -0.15) is 0 Å². The van der Waals surface area contributed by atoms with Crippen LogP contribution in [0.1, 0.15) is 64.4 Å². The smallest absolute Gasteiger partial charge is 0.131 e. The molecule has 1 saturated carbocycles. The van der Waals surface area contributed by atoms with Crippen molar-refractivity contribution in [2.75, 3.05) is 26.2 Å². The zero-order valence-corrected chi connectivity index (χ0v) is 15.9. The van der Waals surface area contributed by atoms with Crippen LogP contribution in [0.3, 0.4) is 0 Å². The van der Waals surface area contributed by atoms with Crippen LogP contribution in [0.4, 0.5) is 0 Å². The van der Waals surface area contributed by atoms with Gasteiger partial charge in [0.15, 0.2) is 0 Å². The first-order valence-corrected chi connectivity index (χ1v) is 9.81. The van der Waals surface area contributed by atoms with Crippen LogP contribution in [0.15, 0.2) is 12.3 Å². The second-order valence-corrected chi connectivity index (χ2v) is 8.40. The van der Waals surface area contributed by atoms with Gasteiger partial charge in [0, 0.05) is 37.8 Å². The predicted octanol–water partition coefficient (Wildman–Crippen LogP) is 3.54. The molecule has 4 heteroatoms. The SMILES string of the molecule is CC(C)c1nccc(CN2CCCN(CC3CC3)[C@@H](C(C)C)C2)n1. The largest absolute Gasteiger partial charge is 0.299 e. The number of hydrogen-bond donors (Lipinski definition) is 0. The summed E-state index contributed by atoms with van der Waals surface area (Å²) in [6.07, 6.45) is 6.10. The molecule has 0 spiro atoms. The van der Waals surface area contributed by atoms with Gasteiger partial charge in [-0.1, -0.05) is 27.7 Å². The molecular formula is C20H34N4. The van der Waals surface area contributed by atoms with E-state index in [0.29, 0.717) is 17.9 Å². The summed E-state index contributed by atoms with van der Waals surface area (Å²) < 4.78 is 0. The zero-order chi connectivity index (χ0) is 17.1. The van der Waals surface area contributed by atoms with Gasteiger partial charge in [-0.3, -0.25) is 9.80 Å². The summed E-state index contributed by atoms with van der Waals surface area (Å²) >= 11 is 0. The fourth-order valence-corrected chi connectivity index (χ4v) is 3.78. The van der Waals surface area contributed by atoms with Crippen molar-refractivity contribution < 1.29 is 0 Å². The summed E-state index contributed by atoms with van der Waals surface area (Å²) in [6.45, 7) is 15.0. The highest BCUT2D eigenvalue weighted by Crippen LogP contribution is 2.32. The van der Waals surface area contributed by atoms with Gasteiger partial charge in [0.05, 0.1) is 5.69 Å². The lowest BCUT2D eigenvalue weighted by molar-refractivity contribution is 0.131. The van der Waals surface area contributed by atoms with E-state index < -0.39 is 0 Å². The summed E-state index contributed by atoms with van der Waals surface area (Å²) in [5.74, 6) is 3.05. The van der Waals surface area contributed by atoms with Crippen molar-refractivity contribution in [1.82, 2.24) is 19.8 Å². The molecule has 1 atom stereocenters.